The first-order valence-electron chi connectivity index (χ1n) is 7.36. The Bertz CT molecular complexity index is 326. The highest BCUT2D eigenvalue weighted by molar-refractivity contribution is 5.25. The Morgan fingerprint density at radius 1 is 1.00 bits per heavy atom. The van der Waals surface area contributed by atoms with Crippen molar-refractivity contribution in [3.8, 4) is 0 Å². The van der Waals surface area contributed by atoms with Crippen LogP contribution < -0.4 is 5.32 Å². The molecule has 0 bridgehead atoms. The summed E-state index contributed by atoms with van der Waals surface area (Å²) in [6.07, 6.45) is 2.37. The van der Waals surface area contributed by atoms with Crippen LogP contribution in [-0.2, 0) is 6.42 Å². The maximum absolute atomic E-state index is 3.58. The van der Waals surface area contributed by atoms with Crippen LogP contribution >= 0.6 is 0 Å². The van der Waals surface area contributed by atoms with Crippen molar-refractivity contribution in [2.45, 2.75) is 59.4 Å². The zero-order valence-electron chi connectivity index (χ0n) is 12.7. The Balaban J connectivity index is 2.51. The Morgan fingerprint density at radius 2 is 1.61 bits per heavy atom. The Hall–Kier alpha value is -0.820. The fourth-order valence-electron chi connectivity index (χ4n) is 2.16. The quantitative estimate of drug-likeness (QED) is 0.754. The molecule has 0 amide bonds. The lowest BCUT2D eigenvalue weighted by atomic mass is 9.93. The molecule has 1 N–H and O–H groups in total. The van der Waals surface area contributed by atoms with Crippen molar-refractivity contribution in [3.05, 3.63) is 35.4 Å². The smallest absolute Gasteiger partial charge is 0.00675 e. The first kappa shape index (κ1) is 15.2. The minimum absolute atomic E-state index is 0.592. The Morgan fingerprint density at radius 3 is 2.11 bits per heavy atom. The second-order valence-electron chi connectivity index (χ2n) is 5.82. The number of nitrogens with one attached hydrogen (secondary N) is 1. The van der Waals surface area contributed by atoms with E-state index in [4.69, 9.17) is 0 Å². The van der Waals surface area contributed by atoms with Crippen LogP contribution in [0.1, 0.15) is 58.1 Å². The summed E-state index contributed by atoms with van der Waals surface area (Å²) in [6.45, 7) is 12.5. The maximum Gasteiger partial charge on any atom is 0.00675 e. The molecule has 1 aromatic carbocycles. The summed E-state index contributed by atoms with van der Waals surface area (Å²) >= 11 is 0. The summed E-state index contributed by atoms with van der Waals surface area (Å²) in [4.78, 5) is 0. The SMILES string of the molecule is CCCNC(C)C(C)Cc1ccc(C(C)C)cc1. The van der Waals surface area contributed by atoms with Crippen molar-refractivity contribution < 1.29 is 0 Å². The molecule has 2 atom stereocenters. The zero-order chi connectivity index (χ0) is 13.5. The minimum atomic E-state index is 0.592. The van der Waals surface area contributed by atoms with Crippen LogP contribution in [0.3, 0.4) is 0 Å². The van der Waals surface area contributed by atoms with Crippen LogP contribution in [0.2, 0.25) is 0 Å². The summed E-state index contributed by atoms with van der Waals surface area (Å²) in [6, 6.07) is 9.72. The molecule has 18 heavy (non-hydrogen) atoms. The molecule has 0 aliphatic carbocycles. The van der Waals surface area contributed by atoms with E-state index in [1.165, 1.54) is 17.5 Å². The van der Waals surface area contributed by atoms with Gasteiger partial charge in [0.1, 0.15) is 0 Å². The Labute approximate surface area is 113 Å². The summed E-state index contributed by atoms with van der Waals surface area (Å²) in [5.74, 6) is 1.31. The lowest BCUT2D eigenvalue weighted by Crippen LogP contribution is -2.33. The number of hydrogen-bond acceptors (Lipinski definition) is 1. The van der Waals surface area contributed by atoms with Gasteiger partial charge in [-0.05, 0) is 49.3 Å². The van der Waals surface area contributed by atoms with Gasteiger partial charge in [-0.25, -0.2) is 0 Å². The number of benzene rings is 1. The molecule has 0 aromatic heterocycles. The van der Waals surface area contributed by atoms with Gasteiger partial charge >= 0.3 is 0 Å². The van der Waals surface area contributed by atoms with E-state index in [0.29, 0.717) is 17.9 Å². The molecule has 0 heterocycles. The third-order valence-electron chi connectivity index (χ3n) is 3.77. The van der Waals surface area contributed by atoms with Crippen molar-refractivity contribution in [3.63, 3.8) is 0 Å². The first-order chi connectivity index (χ1) is 8.54. The summed E-state index contributed by atoms with van der Waals surface area (Å²) in [5, 5.41) is 3.58. The Kier molecular flexibility index (Phi) is 6.42. The molecule has 0 aliphatic rings. The molecule has 0 radical (unpaired) electrons. The second kappa shape index (κ2) is 7.58. The molecule has 1 nitrogen and oxygen atoms in total. The normalized spacial score (nSPS) is 14.8. The molecule has 0 spiro atoms. The average molecular weight is 247 g/mol. The highest BCUT2D eigenvalue weighted by atomic mass is 14.9. The van der Waals surface area contributed by atoms with Gasteiger partial charge in [0, 0.05) is 6.04 Å². The standard InChI is InChI=1S/C17H29N/c1-6-11-18-15(5)14(4)12-16-7-9-17(10-8-16)13(2)3/h7-10,13-15,18H,6,11-12H2,1-5H3. The third-order valence-corrected chi connectivity index (χ3v) is 3.77. The minimum Gasteiger partial charge on any atom is -0.314 e. The predicted octanol–water partition coefficient (Wildman–Crippen LogP) is 4.38. The highest BCUT2D eigenvalue weighted by Crippen LogP contribution is 2.17. The monoisotopic (exact) mass is 247 g/mol. The predicted molar refractivity (Wildman–Crippen MR) is 81.2 cm³/mol. The van der Waals surface area contributed by atoms with Gasteiger partial charge in [-0.3, -0.25) is 0 Å². The van der Waals surface area contributed by atoms with Crippen LogP contribution in [0.25, 0.3) is 0 Å². The maximum atomic E-state index is 3.58. The molecule has 0 saturated heterocycles. The summed E-state index contributed by atoms with van der Waals surface area (Å²) < 4.78 is 0. The van der Waals surface area contributed by atoms with Gasteiger partial charge in [0.15, 0.2) is 0 Å². The molecule has 0 fully saturated rings. The summed E-state index contributed by atoms with van der Waals surface area (Å²) in [7, 11) is 0. The number of rotatable bonds is 7. The van der Waals surface area contributed by atoms with Crippen LogP contribution in [0.5, 0.6) is 0 Å². The van der Waals surface area contributed by atoms with E-state index in [9.17, 15) is 0 Å². The zero-order valence-corrected chi connectivity index (χ0v) is 12.7. The third kappa shape index (κ3) is 4.81. The second-order valence-corrected chi connectivity index (χ2v) is 5.82. The van der Waals surface area contributed by atoms with Gasteiger partial charge in [0.05, 0.1) is 0 Å². The molecule has 1 aromatic rings. The van der Waals surface area contributed by atoms with Crippen LogP contribution in [-0.4, -0.2) is 12.6 Å². The van der Waals surface area contributed by atoms with Crippen molar-refractivity contribution in [2.24, 2.45) is 5.92 Å². The van der Waals surface area contributed by atoms with Gasteiger partial charge < -0.3 is 5.32 Å². The summed E-state index contributed by atoms with van der Waals surface area (Å²) in [5.41, 5.74) is 2.89. The van der Waals surface area contributed by atoms with Gasteiger partial charge in [0.2, 0.25) is 0 Å². The lowest BCUT2D eigenvalue weighted by Gasteiger charge is -2.21. The topological polar surface area (TPSA) is 12.0 Å². The van der Waals surface area contributed by atoms with E-state index in [1.807, 2.05) is 0 Å². The molecular weight excluding hydrogens is 218 g/mol. The fourth-order valence-corrected chi connectivity index (χ4v) is 2.16. The average Bonchev–Trinajstić information content (AvgIpc) is 2.36. The molecule has 1 rings (SSSR count). The van der Waals surface area contributed by atoms with E-state index >= 15 is 0 Å². The molecule has 1 heteroatoms. The van der Waals surface area contributed by atoms with Crippen molar-refractivity contribution >= 4 is 0 Å². The van der Waals surface area contributed by atoms with E-state index < -0.39 is 0 Å². The van der Waals surface area contributed by atoms with Crippen LogP contribution in [0.15, 0.2) is 24.3 Å². The van der Waals surface area contributed by atoms with Gasteiger partial charge in [0.25, 0.3) is 0 Å². The molecule has 102 valence electrons. The van der Waals surface area contributed by atoms with E-state index in [2.05, 4.69) is 64.2 Å². The van der Waals surface area contributed by atoms with Crippen molar-refractivity contribution in [1.82, 2.24) is 5.32 Å². The lowest BCUT2D eigenvalue weighted by molar-refractivity contribution is 0.399. The molecule has 0 aliphatic heterocycles. The van der Waals surface area contributed by atoms with Gasteiger partial charge in [-0.2, -0.15) is 0 Å². The number of hydrogen-bond donors (Lipinski definition) is 1. The highest BCUT2D eigenvalue weighted by Gasteiger charge is 2.11. The fraction of sp³-hybridized carbons (Fsp3) is 0.647. The van der Waals surface area contributed by atoms with E-state index in [0.717, 1.165) is 13.0 Å². The van der Waals surface area contributed by atoms with E-state index in [-0.39, 0.29) is 0 Å². The van der Waals surface area contributed by atoms with Gasteiger partial charge in [-0.1, -0.05) is 52.0 Å². The van der Waals surface area contributed by atoms with Gasteiger partial charge in [-0.15, -0.1) is 0 Å². The molecule has 2 unspecified atom stereocenters. The molecule has 0 saturated carbocycles. The van der Waals surface area contributed by atoms with Crippen LogP contribution in [0, 0.1) is 5.92 Å². The van der Waals surface area contributed by atoms with Crippen molar-refractivity contribution in [1.29, 1.82) is 0 Å². The molecular formula is C17H29N. The van der Waals surface area contributed by atoms with Crippen molar-refractivity contribution in [2.75, 3.05) is 6.54 Å². The first-order valence-corrected chi connectivity index (χ1v) is 7.36. The van der Waals surface area contributed by atoms with Crippen LogP contribution in [0.4, 0.5) is 0 Å². The largest absolute Gasteiger partial charge is 0.314 e. The van der Waals surface area contributed by atoms with E-state index in [1.54, 1.807) is 0 Å².